The third-order valence-corrected chi connectivity index (χ3v) is 3.04. The summed E-state index contributed by atoms with van der Waals surface area (Å²) in [6.07, 6.45) is 2.72. The summed E-state index contributed by atoms with van der Waals surface area (Å²) in [6.45, 7) is 2.52. The number of hydrogen-bond acceptors (Lipinski definition) is 4. The number of aliphatic carboxylic acids is 1. The Kier molecular flexibility index (Phi) is 3.12. The maximum absolute atomic E-state index is 12.1. The number of carbonyl (C=O) groups excluding carboxylic acids is 1. The Morgan fingerprint density at radius 3 is 2.94 bits per heavy atom. The van der Waals surface area contributed by atoms with Crippen LogP contribution < -0.4 is 0 Å². The van der Waals surface area contributed by atoms with Gasteiger partial charge in [0.25, 0.3) is 5.91 Å². The second kappa shape index (κ2) is 4.57. The molecule has 1 atom stereocenters. The van der Waals surface area contributed by atoms with Gasteiger partial charge in [-0.1, -0.05) is 5.16 Å². The number of piperidine rings is 1. The molecule has 0 aromatic carbocycles. The molecule has 1 aromatic rings. The van der Waals surface area contributed by atoms with E-state index in [9.17, 15) is 9.59 Å². The highest BCUT2D eigenvalue weighted by Gasteiger charge is 2.29. The zero-order valence-corrected chi connectivity index (χ0v) is 9.55. The molecule has 0 unspecified atom stereocenters. The second-order valence-corrected chi connectivity index (χ2v) is 4.22. The van der Waals surface area contributed by atoms with Crippen LogP contribution in [-0.4, -0.2) is 40.1 Å². The van der Waals surface area contributed by atoms with Crippen LogP contribution in [0.15, 0.2) is 10.7 Å². The Hall–Kier alpha value is -1.85. The molecule has 1 N–H and O–H groups in total. The third kappa shape index (κ3) is 2.30. The van der Waals surface area contributed by atoms with Crippen molar-refractivity contribution in [1.29, 1.82) is 0 Å². The van der Waals surface area contributed by atoms with Gasteiger partial charge < -0.3 is 14.5 Å². The third-order valence-electron chi connectivity index (χ3n) is 3.04. The first kappa shape index (κ1) is 11.6. The van der Waals surface area contributed by atoms with Crippen LogP contribution in [0.2, 0.25) is 0 Å². The molecule has 6 heteroatoms. The maximum Gasteiger partial charge on any atom is 0.308 e. The molecule has 17 heavy (non-hydrogen) atoms. The lowest BCUT2D eigenvalue weighted by Crippen LogP contribution is -2.42. The van der Waals surface area contributed by atoms with Crippen molar-refractivity contribution in [1.82, 2.24) is 10.1 Å². The van der Waals surface area contributed by atoms with Crippen LogP contribution in [-0.2, 0) is 4.79 Å². The summed E-state index contributed by atoms with van der Waals surface area (Å²) in [4.78, 5) is 24.5. The number of nitrogens with zero attached hydrogens (tertiary/aromatic N) is 2. The fourth-order valence-corrected chi connectivity index (χ4v) is 2.04. The average molecular weight is 238 g/mol. The Morgan fingerprint density at radius 1 is 1.59 bits per heavy atom. The Bertz CT molecular complexity index is 440. The number of hydrogen-bond donors (Lipinski definition) is 1. The van der Waals surface area contributed by atoms with Crippen molar-refractivity contribution >= 4 is 11.9 Å². The minimum atomic E-state index is -0.843. The monoisotopic (exact) mass is 238 g/mol. The van der Waals surface area contributed by atoms with Crippen molar-refractivity contribution in [3.63, 3.8) is 0 Å². The Morgan fingerprint density at radius 2 is 2.35 bits per heavy atom. The molecule has 0 spiro atoms. The van der Waals surface area contributed by atoms with Crippen LogP contribution >= 0.6 is 0 Å². The Labute approximate surface area is 98.2 Å². The van der Waals surface area contributed by atoms with Crippen LogP contribution in [0.5, 0.6) is 0 Å². The van der Waals surface area contributed by atoms with Crippen molar-refractivity contribution < 1.29 is 19.2 Å². The minimum Gasteiger partial charge on any atom is -0.481 e. The van der Waals surface area contributed by atoms with Gasteiger partial charge >= 0.3 is 5.97 Å². The molecule has 2 rings (SSSR count). The van der Waals surface area contributed by atoms with E-state index in [4.69, 9.17) is 9.63 Å². The average Bonchev–Trinajstić information content (AvgIpc) is 2.74. The van der Waals surface area contributed by atoms with Gasteiger partial charge in [-0.3, -0.25) is 9.59 Å². The highest BCUT2D eigenvalue weighted by atomic mass is 16.5. The van der Waals surface area contributed by atoms with Crippen LogP contribution in [0.25, 0.3) is 0 Å². The van der Waals surface area contributed by atoms with Gasteiger partial charge in [0, 0.05) is 13.1 Å². The highest BCUT2D eigenvalue weighted by molar-refractivity contribution is 5.95. The molecule has 2 heterocycles. The zero-order valence-electron chi connectivity index (χ0n) is 9.55. The molecule has 92 valence electrons. The van der Waals surface area contributed by atoms with Crippen molar-refractivity contribution in [2.75, 3.05) is 13.1 Å². The number of aryl methyl sites for hydroxylation is 1. The van der Waals surface area contributed by atoms with Gasteiger partial charge in [0.05, 0.1) is 12.1 Å². The van der Waals surface area contributed by atoms with Crippen molar-refractivity contribution in [2.24, 2.45) is 5.92 Å². The number of amides is 1. The quantitative estimate of drug-likeness (QED) is 0.828. The van der Waals surface area contributed by atoms with Gasteiger partial charge in [-0.25, -0.2) is 0 Å². The molecule has 1 amide bonds. The minimum absolute atomic E-state index is 0.199. The van der Waals surface area contributed by atoms with E-state index in [2.05, 4.69) is 5.16 Å². The van der Waals surface area contributed by atoms with E-state index in [-0.39, 0.29) is 12.5 Å². The van der Waals surface area contributed by atoms with E-state index in [1.165, 1.54) is 6.20 Å². The van der Waals surface area contributed by atoms with Gasteiger partial charge in [-0.2, -0.15) is 0 Å². The molecule has 0 saturated carbocycles. The van der Waals surface area contributed by atoms with Gasteiger partial charge in [-0.15, -0.1) is 0 Å². The lowest BCUT2D eigenvalue weighted by molar-refractivity contribution is -0.143. The van der Waals surface area contributed by atoms with E-state index >= 15 is 0 Å². The first-order valence-corrected chi connectivity index (χ1v) is 5.53. The fraction of sp³-hybridized carbons (Fsp3) is 0.545. The number of likely N-dealkylation sites (tertiary alicyclic amines) is 1. The summed E-state index contributed by atoms with van der Waals surface area (Å²) < 4.78 is 4.84. The number of rotatable bonds is 2. The molecule has 1 aliphatic rings. The maximum atomic E-state index is 12.1. The first-order chi connectivity index (χ1) is 8.09. The number of carbonyl (C=O) groups is 2. The molecule has 1 aliphatic heterocycles. The Balaban J connectivity index is 2.10. The predicted octanol–water partition coefficient (Wildman–Crippen LogP) is 0.920. The highest BCUT2D eigenvalue weighted by Crippen LogP contribution is 2.19. The van der Waals surface area contributed by atoms with Gasteiger partial charge in [0.2, 0.25) is 0 Å². The first-order valence-electron chi connectivity index (χ1n) is 5.53. The van der Waals surface area contributed by atoms with Crippen LogP contribution in [0, 0.1) is 12.8 Å². The molecular weight excluding hydrogens is 224 g/mol. The van der Waals surface area contributed by atoms with Gasteiger partial charge in [-0.05, 0) is 19.8 Å². The molecule has 1 aromatic heterocycles. The van der Waals surface area contributed by atoms with Gasteiger partial charge in [0.1, 0.15) is 11.3 Å². The zero-order chi connectivity index (χ0) is 12.4. The van der Waals surface area contributed by atoms with Crippen LogP contribution in [0.4, 0.5) is 0 Å². The van der Waals surface area contributed by atoms with E-state index in [1.807, 2.05) is 0 Å². The summed E-state index contributed by atoms with van der Waals surface area (Å²) in [5.74, 6) is -1.04. The predicted molar refractivity (Wildman–Crippen MR) is 57.5 cm³/mol. The van der Waals surface area contributed by atoms with E-state index in [1.54, 1.807) is 11.8 Å². The summed E-state index contributed by atoms with van der Waals surface area (Å²) in [7, 11) is 0. The molecule has 0 bridgehead atoms. The summed E-state index contributed by atoms with van der Waals surface area (Å²) in [5.41, 5.74) is 0.413. The normalized spacial score (nSPS) is 20.3. The van der Waals surface area contributed by atoms with Crippen molar-refractivity contribution in [2.45, 2.75) is 19.8 Å². The second-order valence-electron chi connectivity index (χ2n) is 4.22. The largest absolute Gasteiger partial charge is 0.481 e. The number of aromatic nitrogens is 1. The lowest BCUT2D eigenvalue weighted by Gasteiger charge is -2.30. The van der Waals surface area contributed by atoms with E-state index in [0.29, 0.717) is 30.7 Å². The molecule has 0 radical (unpaired) electrons. The van der Waals surface area contributed by atoms with Crippen molar-refractivity contribution in [3.05, 3.63) is 17.5 Å². The van der Waals surface area contributed by atoms with E-state index < -0.39 is 11.9 Å². The van der Waals surface area contributed by atoms with Gasteiger partial charge in [0.15, 0.2) is 0 Å². The summed E-state index contributed by atoms with van der Waals surface area (Å²) in [6, 6.07) is 0. The molecule has 0 aliphatic carbocycles. The molecule has 6 nitrogen and oxygen atoms in total. The SMILES string of the molecule is Cc1oncc1C(=O)N1CCC[C@H](C(=O)O)C1. The van der Waals surface area contributed by atoms with Crippen molar-refractivity contribution in [3.8, 4) is 0 Å². The molecule has 1 fully saturated rings. The van der Waals surface area contributed by atoms with Crippen LogP contribution in [0.1, 0.15) is 29.0 Å². The number of carboxylic acid groups (broad SMARTS) is 1. The van der Waals surface area contributed by atoms with Crippen LogP contribution in [0.3, 0.4) is 0 Å². The standard InChI is InChI=1S/C11H14N2O4/c1-7-9(5-12-17-7)10(14)13-4-2-3-8(6-13)11(15)16/h5,8H,2-4,6H2,1H3,(H,15,16)/t8-/m0/s1. The summed E-state index contributed by atoms with van der Waals surface area (Å²) >= 11 is 0. The molecule has 1 saturated heterocycles. The smallest absolute Gasteiger partial charge is 0.308 e. The number of carboxylic acids is 1. The summed E-state index contributed by atoms with van der Waals surface area (Å²) in [5, 5.41) is 12.5. The fourth-order valence-electron chi connectivity index (χ4n) is 2.04. The molecular formula is C11H14N2O4. The lowest BCUT2D eigenvalue weighted by atomic mass is 9.98. The topological polar surface area (TPSA) is 83.6 Å². The van der Waals surface area contributed by atoms with E-state index in [0.717, 1.165) is 0 Å².